The van der Waals surface area contributed by atoms with E-state index in [1.165, 1.54) is 0 Å². The standard InChI is InChI=1S/C13H13BrN2O2/c1-3-18-13(17)12-9(2)8-15-16(12)11-6-4-10(14)5-7-11/h4-8H,3H2,1-2H3. The van der Waals surface area contributed by atoms with Gasteiger partial charge in [0, 0.05) is 10.0 Å². The second kappa shape index (κ2) is 5.35. The van der Waals surface area contributed by atoms with E-state index in [4.69, 9.17) is 4.74 Å². The minimum atomic E-state index is -0.351. The number of carbonyl (C=O) groups excluding carboxylic acids is 1. The molecule has 0 aliphatic rings. The fraction of sp³-hybridized carbons (Fsp3) is 0.231. The van der Waals surface area contributed by atoms with Gasteiger partial charge in [0.25, 0.3) is 0 Å². The van der Waals surface area contributed by atoms with Crippen molar-refractivity contribution in [2.75, 3.05) is 6.61 Å². The Balaban J connectivity index is 2.45. The zero-order valence-electron chi connectivity index (χ0n) is 10.2. The number of esters is 1. The molecule has 2 rings (SSSR count). The van der Waals surface area contributed by atoms with Crippen molar-refractivity contribution in [2.24, 2.45) is 0 Å². The highest BCUT2D eigenvalue weighted by atomic mass is 79.9. The average Bonchev–Trinajstić information content (AvgIpc) is 2.72. The van der Waals surface area contributed by atoms with Crippen LogP contribution >= 0.6 is 15.9 Å². The molecular formula is C13H13BrN2O2. The minimum Gasteiger partial charge on any atom is -0.461 e. The highest BCUT2D eigenvalue weighted by molar-refractivity contribution is 9.10. The number of carbonyl (C=O) groups is 1. The number of rotatable bonds is 3. The van der Waals surface area contributed by atoms with Crippen molar-refractivity contribution in [3.8, 4) is 5.69 Å². The first-order valence-electron chi connectivity index (χ1n) is 5.61. The lowest BCUT2D eigenvalue weighted by molar-refractivity contribution is 0.0515. The van der Waals surface area contributed by atoms with Crippen molar-refractivity contribution >= 4 is 21.9 Å². The van der Waals surface area contributed by atoms with Crippen molar-refractivity contribution in [3.63, 3.8) is 0 Å². The van der Waals surface area contributed by atoms with Crippen molar-refractivity contribution in [1.82, 2.24) is 9.78 Å². The molecule has 1 aromatic heterocycles. The summed E-state index contributed by atoms with van der Waals surface area (Å²) in [6, 6.07) is 7.58. The van der Waals surface area contributed by atoms with Crippen LogP contribution < -0.4 is 0 Å². The first kappa shape index (κ1) is 12.8. The van der Waals surface area contributed by atoms with E-state index in [0.29, 0.717) is 12.3 Å². The van der Waals surface area contributed by atoms with Gasteiger partial charge in [-0.15, -0.1) is 0 Å². The fourth-order valence-electron chi connectivity index (χ4n) is 1.66. The van der Waals surface area contributed by atoms with Crippen molar-refractivity contribution < 1.29 is 9.53 Å². The largest absolute Gasteiger partial charge is 0.461 e. The molecule has 18 heavy (non-hydrogen) atoms. The molecule has 1 heterocycles. The zero-order valence-corrected chi connectivity index (χ0v) is 11.8. The Morgan fingerprint density at radius 3 is 2.67 bits per heavy atom. The van der Waals surface area contributed by atoms with Crippen LogP contribution in [0.1, 0.15) is 23.0 Å². The van der Waals surface area contributed by atoms with Gasteiger partial charge in [0.05, 0.1) is 18.5 Å². The van der Waals surface area contributed by atoms with Crippen LogP contribution in [0.3, 0.4) is 0 Å². The topological polar surface area (TPSA) is 44.1 Å². The van der Waals surface area contributed by atoms with E-state index >= 15 is 0 Å². The second-order valence-corrected chi connectivity index (χ2v) is 4.70. The molecule has 0 saturated carbocycles. The lowest BCUT2D eigenvalue weighted by Crippen LogP contribution is -2.13. The smallest absolute Gasteiger partial charge is 0.357 e. The molecule has 0 aliphatic heterocycles. The third kappa shape index (κ3) is 2.46. The lowest BCUT2D eigenvalue weighted by Gasteiger charge is -2.07. The number of halogens is 1. The van der Waals surface area contributed by atoms with Gasteiger partial charge in [-0.05, 0) is 38.1 Å². The van der Waals surface area contributed by atoms with Crippen molar-refractivity contribution in [1.29, 1.82) is 0 Å². The third-order valence-electron chi connectivity index (χ3n) is 2.49. The van der Waals surface area contributed by atoms with E-state index in [1.54, 1.807) is 17.8 Å². The maximum atomic E-state index is 11.9. The molecule has 0 fully saturated rings. The molecule has 2 aromatic rings. The molecule has 4 nitrogen and oxygen atoms in total. The number of aryl methyl sites for hydroxylation is 1. The Bertz CT molecular complexity index is 561. The van der Waals surface area contributed by atoms with Crippen LogP contribution in [0.2, 0.25) is 0 Å². The zero-order chi connectivity index (χ0) is 13.1. The van der Waals surface area contributed by atoms with Gasteiger partial charge >= 0.3 is 5.97 Å². The number of benzene rings is 1. The van der Waals surface area contributed by atoms with Gasteiger partial charge in [0.2, 0.25) is 0 Å². The Morgan fingerprint density at radius 1 is 1.39 bits per heavy atom. The summed E-state index contributed by atoms with van der Waals surface area (Å²) in [5, 5.41) is 4.22. The number of aromatic nitrogens is 2. The molecule has 0 atom stereocenters. The molecule has 0 radical (unpaired) electrons. The molecule has 94 valence electrons. The summed E-state index contributed by atoms with van der Waals surface area (Å²) in [5.41, 5.74) is 2.10. The van der Waals surface area contributed by atoms with E-state index < -0.39 is 0 Å². The minimum absolute atomic E-state index is 0.351. The van der Waals surface area contributed by atoms with Gasteiger partial charge in [-0.25, -0.2) is 9.48 Å². The quantitative estimate of drug-likeness (QED) is 0.818. The van der Waals surface area contributed by atoms with E-state index in [2.05, 4.69) is 21.0 Å². The summed E-state index contributed by atoms with van der Waals surface area (Å²) >= 11 is 3.37. The SMILES string of the molecule is CCOC(=O)c1c(C)cnn1-c1ccc(Br)cc1. The van der Waals surface area contributed by atoms with Crippen molar-refractivity contribution in [3.05, 3.63) is 46.2 Å². The molecule has 0 spiro atoms. The van der Waals surface area contributed by atoms with Gasteiger partial charge in [-0.1, -0.05) is 15.9 Å². The maximum absolute atomic E-state index is 11.9. The Morgan fingerprint density at radius 2 is 2.06 bits per heavy atom. The summed E-state index contributed by atoms with van der Waals surface area (Å²) in [7, 11) is 0. The van der Waals surface area contributed by atoms with Gasteiger partial charge in [-0.3, -0.25) is 0 Å². The number of hydrogen-bond acceptors (Lipinski definition) is 3. The molecule has 0 amide bonds. The summed E-state index contributed by atoms with van der Waals surface area (Å²) < 4.78 is 7.62. The summed E-state index contributed by atoms with van der Waals surface area (Å²) in [5.74, 6) is -0.351. The fourth-order valence-corrected chi connectivity index (χ4v) is 1.92. The Kier molecular flexibility index (Phi) is 3.81. The molecule has 0 unspecified atom stereocenters. The normalized spacial score (nSPS) is 10.4. The third-order valence-corrected chi connectivity index (χ3v) is 3.02. The van der Waals surface area contributed by atoms with Crippen LogP contribution in [-0.2, 0) is 4.74 Å². The van der Waals surface area contributed by atoms with Crippen LogP contribution in [0.5, 0.6) is 0 Å². The lowest BCUT2D eigenvalue weighted by atomic mass is 10.2. The number of ether oxygens (including phenoxy) is 1. The van der Waals surface area contributed by atoms with Crippen LogP contribution in [0.15, 0.2) is 34.9 Å². The van der Waals surface area contributed by atoms with Crippen LogP contribution in [-0.4, -0.2) is 22.4 Å². The predicted octanol–water partition coefficient (Wildman–Crippen LogP) is 3.12. The Hall–Kier alpha value is -1.62. The van der Waals surface area contributed by atoms with Gasteiger partial charge < -0.3 is 4.74 Å². The Labute approximate surface area is 114 Å². The van der Waals surface area contributed by atoms with E-state index in [0.717, 1.165) is 15.7 Å². The molecule has 5 heteroatoms. The number of hydrogen-bond donors (Lipinski definition) is 0. The molecule has 0 aliphatic carbocycles. The molecule has 0 saturated heterocycles. The van der Waals surface area contributed by atoms with Gasteiger partial charge in [0.15, 0.2) is 5.69 Å². The average molecular weight is 309 g/mol. The number of nitrogens with zero attached hydrogens (tertiary/aromatic N) is 2. The first-order valence-corrected chi connectivity index (χ1v) is 6.40. The predicted molar refractivity (Wildman–Crippen MR) is 72.0 cm³/mol. The molecule has 0 bridgehead atoms. The monoisotopic (exact) mass is 308 g/mol. The molecule has 0 N–H and O–H groups in total. The van der Waals surface area contributed by atoms with Crippen LogP contribution in [0, 0.1) is 6.92 Å². The summed E-state index contributed by atoms with van der Waals surface area (Å²) in [6.07, 6.45) is 1.66. The summed E-state index contributed by atoms with van der Waals surface area (Å²) in [4.78, 5) is 11.9. The van der Waals surface area contributed by atoms with Crippen LogP contribution in [0.25, 0.3) is 5.69 Å². The maximum Gasteiger partial charge on any atom is 0.357 e. The highest BCUT2D eigenvalue weighted by Gasteiger charge is 2.18. The van der Waals surface area contributed by atoms with Gasteiger partial charge in [-0.2, -0.15) is 5.10 Å². The van der Waals surface area contributed by atoms with Gasteiger partial charge in [0.1, 0.15) is 0 Å². The van der Waals surface area contributed by atoms with E-state index in [9.17, 15) is 4.79 Å². The van der Waals surface area contributed by atoms with Crippen LogP contribution in [0.4, 0.5) is 0 Å². The first-order chi connectivity index (χ1) is 8.63. The second-order valence-electron chi connectivity index (χ2n) is 3.78. The molecule has 1 aromatic carbocycles. The summed E-state index contributed by atoms with van der Waals surface area (Å²) in [6.45, 7) is 3.98. The van der Waals surface area contributed by atoms with E-state index in [1.807, 2.05) is 31.2 Å². The van der Waals surface area contributed by atoms with Crippen molar-refractivity contribution in [2.45, 2.75) is 13.8 Å². The highest BCUT2D eigenvalue weighted by Crippen LogP contribution is 2.18. The molecular weight excluding hydrogens is 296 g/mol. The van der Waals surface area contributed by atoms with E-state index in [-0.39, 0.29) is 5.97 Å².